The van der Waals surface area contributed by atoms with E-state index in [4.69, 9.17) is 19.9 Å². The highest BCUT2D eigenvalue weighted by atomic mass is 15.0. The molecule has 3 aromatic heterocycles. The minimum atomic E-state index is 0.641. The summed E-state index contributed by atoms with van der Waals surface area (Å²) in [6, 6.07) is 65.1. The van der Waals surface area contributed by atoms with Crippen molar-refractivity contribution in [3.63, 3.8) is 0 Å². The van der Waals surface area contributed by atoms with Crippen LogP contribution in [0.1, 0.15) is 0 Å². The maximum atomic E-state index is 5.23. The summed E-state index contributed by atoms with van der Waals surface area (Å²) < 4.78 is 2.39. The molecule has 0 aliphatic carbocycles. The summed E-state index contributed by atoms with van der Waals surface area (Å²) in [5.74, 6) is 1.94. The smallest absolute Gasteiger partial charge is 0.164 e. The van der Waals surface area contributed by atoms with E-state index in [0.717, 1.165) is 72.1 Å². The minimum absolute atomic E-state index is 0.641. The van der Waals surface area contributed by atoms with Gasteiger partial charge in [0.25, 0.3) is 0 Å². The first-order chi connectivity index (χ1) is 26.3. The zero-order valence-electron chi connectivity index (χ0n) is 28.6. The largest absolute Gasteiger partial charge is 0.308 e. The SMILES string of the molecule is c1ccc(-c2nc(-c3ccccc3)nc(-c3ccc(-c4ccc(-n5c6ccccc6c6c(-c7ccccc7)nc7ccccc7c65)cc4)cc3)n2)cc1. The standard InChI is InChI=1S/C48H31N5/c1-4-14-34(15-5-1)44-43-40-21-11-13-23-42(40)53(45(43)39-20-10-12-22-41(39)49-44)38-30-28-33(29-31-38)32-24-26-37(27-25-32)48-51-46(35-16-6-2-7-17-35)50-47(52-48)36-18-8-3-9-19-36/h1-31H. The average Bonchev–Trinajstić information content (AvgIpc) is 3.60. The molecule has 0 bridgehead atoms. The van der Waals surface area contributed by atoms with Crippen LogP contribution in [-0.4, -0.2) is 24.5 Å². The lowest BCUT2D eigenvalue weighted by Crippen LogP contribution is -2.00. The monoisotopic (exact) mass is 677 g/mol. The molecule has 10 rings (SSSR count). The van der Waals surface area contributed by atoms with Crippen LogP contribution in [0.15, 0.2) is 188 Å². The summed E-state index contributed by atoms with van der Waals surface area (Å²) >= 11 is 0. The van der Waals surface area contributed by atoms with Crippen molar-refractivity contribution in [2.24, 2.45) is 0 Å². The fourth-order valence-electron chi connectivity index (χ4n) is 7.31. The molecule has 248 valence electrons. The van der Waals surface area contributed by atoms with E-state index >= 15 is 0 Å². The molecular weight excluding hydrogens is 647 g/mol. The Bertz CT molecular complexity index is 2840. The van der Waals surface area contributed by atoms with Crippen LogP contribution >= 0.6 is 0 Å². The number of aromatic nitrogens is 5. The van der Waals surface area contributed by atoms with Crippen molar-refractivity contribution in [2.45, 2.75) is 0 Å². The van der Waals surface area contributed by atoms with E-state index in [1.165, 1.54) is 5.39 Å². The van der Waals surface area contributed by atoms with Crippen LogP contribution in [0.3, 0.4) is 0 Å². The first-order valence-electron chi connectivity index (χ1n) is 17.7. The van der Waals surface area contributed by atoms with E-state index in [1.807, 2.05) is 60.7 Å². The van der Waals surface area contributed by atoms with E-state index < -0.39 is 0 Å². The highest BCUT2D eigenvalue weighted by Crippen LogP contribution is 2.41. The van der Waals surface area contributed by atoms with Gasteiger partial charge in [-0.05, 0) is 35.4 Å². The third-order valence-electron chi connectivity index (χ3n) is 9.85. The van der Waals surface area contributed by atoms with Gasteiger partial charge in [0, 0.05) is 44.1 Å². The molecule has 0 aliphatic rings. The van der Waals surface area contributed by atoms with Crippen LogP contribution in [0, 0.1) is 0 Å². The summed E-state index contributed by atoms with van der Waals surface area (Å²) in [5, 5.41) is 3.47. The molecule has 0 atom stereocenters. The fraction of sp³-hybridized carbons (Fsp3) is 0. The lowest BCUT2D eigenvalue weighted by molar-refractivity contribution is 1.07. The molecular formula is C48H31N5. The summed E-state index contributed by atoms with van der Waals surface area (Å²) in [5.41, 5.74) is 11.6. The van der Waals surface area contributed by atoms with Crippen molar-refractivity contribution >= 4 is 32.7 Å². The van der Waals surface area contributed by atoms with E-state index in [1.54, 1.807) is 0 Å². The third-order valence-corrected chi connectivity index (χ3v) is 9.85. The Labute approximate surface area is 306 Å². The van der Waals surface area contributed by atoms with Gasteiger partial charge in [0.15, 0.2) is 17.5 Å². The van der Waals surface area contributed by atoms with Crippen LogP contribution < -0.4 is 0 Å². The molecule has 5 nitrogen and oxygen atoms in total. The number of para-hydroxylation sites is 2. The van der Waals surface area contributed by atoms with Crippen molar-refractivity contribution in [1.82, 2.24) is 24.5 Å². The Morgan fingerprint density at radius 1 is 0.321 bits per heavy atom. The predicted octanol–water partition coefficient (Wildman–Crippen LogP) is 11.9. The van der Waals surface area contributed by atoms with Gasteiger partial charge in [-0.2, -0.15) is 0 Å². The van der Waals surface area contributed by atoms with Gasteiger partial charge in [-0.15, -0.1) is 0 Å². The molecule has 10 aromatic rings. The zero-order chi connectivity index (χ0) is 35.1. The molecule has 0 aliphatic heterocycles. The number of fused-ring (bicyclic) bond motifs is 5. The van der Waals surface area contributed by atoms with Crippen molar-refractivity contribution in [3.05, 3.63) is 188 Å². The number of hydrogen-bond donors (Lipinski definition) is 0. The van der Waals surface area contributed by atoms with Gasteiger partial charge in [-0.25, -0.2) is 19.9 Å². The minimum Gasteiger partial charge on any atom is -0.308 e. The molecule has 0 radical (unpaired) electrons. The summed E-state index contributed by atoms with van der Waals surface area (Å²) in [6.45, 7) is 0. The molecule has 53 heavy (non-hydrogen) atoms. The van der Waals surface area contributed by atoms with Crippen LogP contribution in [0.25, 0.3) is 94.9 Å². The molecule has 0 saturated carbocycles. The molecule has 0 unspecified atom stereocenters. The van der Waals surface area contributed by atoms with Gasteiger partial charge in [-0.1, -0.05) is 164 Å². The van der Waals surface area contributed by atoms with Gasteiger partial charge >= 0.3 is 0 Å². The van der Waals surface area contributed by atoms with Crippen molar-refractivity contribution in [1.29, 1.82) is 0 Å². The lowest BCUT2D eigenvalue weighted by atomic mass is 10.0. The summed E-state index contributed by atoms with van der Waals surface area (Å²) in [6.07, 6.45) is 0. The van der Waals surface area contributed by atoms with Crippen molar-refractivity contribution < 1.29 is 0 Å². The second-order valence-electron chi connectivity index (χ2n) is 13.1. The number of benzene rings is 7. The van der Waals surface area contributed by atoms with Gasteiger partial charge in [-0.3, -0.25) is 0 Å². The normalized spacial score (nSPS) is 11.4. The molecule has 0 amide bonds. The topological polar surface area (TPSA) is 56.5 Å². The Kier molecular flexibility index (Phi) is 7.40. The maximum Gasteiger partial charge on any atom is 0.164 e. The Hall–Kier alpha value is -7.24. The maximum absolute atomic E-state index is 5.23. The van der Waals surface area contributed by atoms with Crippen LogP contribution in [0.5, 0.6) is 0 Å². The summed E-state index contributed by atoms with van der Waals surface area (Å²) in [7, 11) is 0. The Balaban J connectivity index is 1.06. The third kappa shape index (κ3) is 5.43. The molecule has 7 aromatic carbocycles. The molecule has 0 N–H and O–H groups in total. The van der Waals surface area contributed by atoms with E-state index in [0.29, 0.717) is 17.5 Å². The number of hydrogen-bond acceptors (Lipinski definition) is 4. The molecule has 0 fully saturated rings. The Morgan fingerprint density at radius 2 is 0.755 bits per heavy atom. The number of rotatable bonds is 6. The van der Waals surface area contributed by atoms with Gasteiger partial charge in [0.2, 0.25) is 0 Å². The van der Waals surface area contributed by atoms with E-state index in [-0.39, 0.29) is 0 Å². The van der Waals surface area contributed by atoms with E-state index in [9.17, 15) is 0 Å². The fourth-order valence-corrected chi connectivity index (χ4v) is 7.31. The predicted molar refractivity (Wildman–Crippen MR) is 217 cm³/mol. The second kappa shape index (κ2) is 12.8. The van der Waals surface area contributed by atoms with E-state index in [2.05, 4.69) is 132 Å². The van der Waals surface area contributed by atoms with Gasteiger partial charge in [0.05, 0.1) is 22.2 Å². The number of nitrogens with zero attached hydrogens (tertiary/aromatic N) is 5. The molecule has 5 heteroatoms. The molecule has 0 saturated heterocycles. The van der Waals surface area contributed by atoms with Crippen LogP contribution in [0.4, 0.5) is 0 Å². The molecule has 0 spiro atoms. The van der Waals surface area contributed by atoms with Crippen LogP contribution in [0.2, 0.25) is 0 Å². The van der Waals surface area contributed by atoms with Crippen molar-refractivity contribution in [3.8, 4) is 62.2 Å². The first-order valence-corrected chi connectivity index (χ1v) is 17.7. The zero-order valence-corrected chi connectivity index (χ0v) is 28.6. The Morgan fingerprint density at radius 3 is 1.34 bits per heavy atom. The van der Waals surface area contributed by atoms with Gasteiger partial charge in [0.1, 0.15) is 0 Å². The molecule has 3 heterocycles. The lowest BCUT2D eigenvalue weighted by Gasteiger charge is -2.12. The first kappa shape index (κ1) is 30.6. The summed E-state index contributed by atoms with van der Waals surface area (Å²) in [4.78, 5) is 19.9. The van der Waals surface area contributed by atoms with Crippen molar-refractivity contribution in [2.75, 3.05) is 0 Å². The highest BCUT2D eigenvalue weighted by Gasteiger charge is 2.20. The second-order valence-corrected chi connectivity index (χ2v) is 13.1. The average molecular weight is 678 g/mol. The van der Waals surface area contributed by atoms with Crippen LogP contribution in [-0.2, 0) is 0 Å². The quantitative estimate of drug-likeness (QED) is 0.176. The number of pyridine rings is 1. The highest BCUT2D eigenvalue weighted by molar-refractivity contribution is 6.22. The van der Waals surface area contributed by atoms with Gasteiger partial charge < -0.3 is 4.57 Å².